The average Bonchev–Trinajstić information content (AvgIpc) is 2.66. The molecule has 0 saturated heterocycles. The number of hydrogen-bond donors (Lipinski definition) is 1. The van der Waals surface area contributed by atoms with Crippen LogP contribution >= 0.6 is 7.60 Å². The Morgan fingerprint density at radius 3 is 2.11 bits per heavy atom. The van der Waals surface area contributed by atoms with Crippen LogP contribution in [0.1, 0.15) is 18.1 Å². The molecule has 3 aromatic rings. The molecule has 0 radical (unpaired) electrons. The van der Waals surface area contributed by atoms with Crippen LogP contribution in [0, 0.1) is 0 Å². The van der Waals surface area contributed by atoms with Crippen molar-refractivity contribution in [1.82, 2.24) is 0 Å². The van der Waals surface area contributed by atoms with Crippen molar-refractivity contribution < 1.29 is 27.1 Å². The second-order valence-corrected chi connectivity index (χ2v) is 10.6. The first kappa shape index (κ1) is 20.4. The standard InChI is InChI=1S/C20H21O6PS/c1-14(15-4-5-17-13-19(25-2)7-6-16(17)12-15)27(21,22)26-18-8-10-20(11-9-18)28(3,23)24/h4-14H,1-3H3,(H,21,22). The Kier molecular flexibility index (Phi) is 5.53. The van der Waals surface area contributed by atoms with Gasteiger partial charge in [-0.1, -0.05) is 24.3 Å². The molecule has 2 unspecified atom stereocenters. The lowest BCUT2D eigenvalue weighted by molar-refractivity contribution is 0.368. The predicted octanol–water partition coefficient (Wildman–Crippen LogP) is 4.58. The minimum atomic E-state index is -4.05. The molecule has 3 rings (SSSR count). The topological polar surface area (TPSA) is 89.9 Å². The van der Waals surface area contributed by atoms with Crippen LogP contribution in [0.4, 0.5) is 0 Å². The number of sulfone groups is 1. The number of ether oxygens (including phenoxy) is 1. The third kappa shape index (κ3) is 4.38. The first-order valence-corrected chi connectivity index (χ1v) is 12.0. The van der Waals surface area contributed by atoms with Crippen LogP contribution in [-0.2, 0) is 14.4 Å². The van der Waals surface area contributed by atoms with Gasteiger partial charge in [0, 0.05) is 6.26 Å². The summed E-state index contributed by atoms with van der Waals surface area (Å²) in [5.74, 6) is 0.873. The molecule has 0 saturated carbocycles. The maximum atomic E-state index is 12.8. The first-order valence-electron chi connectivity index (χ1n) is 8.50. The third-order valence-corrected chi connectivity index (χ3v) is 7.41. The van der Waals surface area contributed by atoms with Crippen LogP contribution in [0.2, 0.25) is 0 Å². The molecular weight excluding hydrogens is 399 g/mol. The molecule has 0 amide bonds. The summed E-state index contributed by atoms with van der Waals surface area (Å²) in [5.41, 5.74) is -0.107. The van der Waals surface area contributed by atoms with Gasteiger partial charge in [0.25, 0.3) is 0 Å². The summed E-state index contributed by atoms with van der Waals surface area (Å²) in [7, 11) is -5.80. The van der Waals surface area contributed by atoms with Crippen LogP contribution in [-0.4, -0.2) is 26.7 Å². The molecule has 0 aromatic heterocycles. The van der Waals surface area contributed by atoms with Gasteiger partial charge in [-0.15, -0.1) is 0 Å². The van der Waals surface area contributed by atoms with Gasteiger partial charge in [-0.2, -0.15) is 0 Å². The Labute approximate surface area is 164 Å². The molecule has 0 aliphatic rings. The maximum absolute atomic E-state index is 12.8. The summed E-state index contributed by atoms with van der Waals surface area (Å²) in [6, 6.07) is 16.5. The molecule has 0 fully saturated rings. The van der Waals surface area contributed by atoms with Gasteiger partial charge in [-0.05, 0) is 59.7 Å². The summed E-state index contributed by atoms with van der Waals surface area (Å²) < 4.78 is 46.4. The van der Waals surface area contributed by atoms with Crippen molar-refractivity contribution in [3.8, 4) is 11.5 Å². The van der Waals surface area contributed by atoms with Crippen LogP contribution in [0.15, 0.2) is 65.6 Å². The fourth-order valence-electron chi connectivity index (χ4n) is 2.80. The molecule has 148 valence electrons. The van der Waals surface area contributed by atoms with E-state index in [0.717, 1.165) is 22.8 Å². The number of fused-ring (bicyclic) bond motifs is 1. The monoisotopic (exact) mass is 420 g/mol. The van der Waals surface area contributed by atoms with E-state index < -0.39 is 23.1 Å². The minimum Gasteiger partial charge on any atom is -0.497 e. The van der Waals surface area contributed by atoms with Gasteiger partial charge < -0.3 is 14.2 Å². The van der Waals surface area contributed by atoms with E-state index in [0.29, 0.717) is 5.56 Å². The lowest BCUT2D eigenvalue weighted by Gasteiger charge is -2.20. The Hall–Kier alpha value is -2.34. The molecular formula is C20H21O6PS. The van der Waals surface area contributed by atoms with Gasteiger partial charge in [-0.25, -0.2) is 13.0 Å². The van der Waals surface area contributed by atoms with E-state index in [1.165, 1.54) is 24.3 Å². The number of hydrogen-bond acceptors (Lipinski definition) is 5. The zero-order valence-corrected chi connectivity index (χ0v) is 17.4. The molecule has 3 aromatic carbocycles. The predicted molar refractivity (Wildman–Crippen MR) is 109 cm³/mol. The van der Waals surface area contributed by atoms with E-state index in [-0.39, 0.29) is 10.6 Å². The van der Waals surface area contributed by atoms with E-state index in [1.54, 1.807) is 20.1 Å². The normalized spacial score (nSPS) is 15.0. The molecule has 28 heavy (non-hydrogen) atoms. The maximum Gasteiger partial charge on any atom is 0.383 e. The Balaban J connectivity index is 1.85. The van der Waals surface area contributed by atoms with Gasteiger partial charge in [0.1, 0.15) is 11.5 Å². The quantitative estimate of drug-likeness (QED) is 0.587. The molecule has 0 bridgehead atoms. The van der Waals surface area contributed by atoms with E-state index in [2.05, 4.69) is 0 Å². The third-order valence-electron chi connectivity index (χ3n) is 4.53. The van der Waals surface area contributed by atoms with E-state index in [9.17, 15) is 17.9 Å². The molecule has 0 aliphatic heterocycles. The summed E-state index contributed by atoms with van der Waals surface area (Å²) in [6.07, 6.45) is 1.09. The molecule has 2 atom stereocenters. The van der Waals surface area contributed by atoms with Crippen molar-refractivity contribution in [2.45, 2.75) is 17.5 Å². The summed E-state index contributed by atoms with van der Waals surface area (Å²) >= 11 is 0. The highest BCUT2D eigenvalue weighted by Gasteiger charge is 2.31. The number of rotatable bonds is 6. The lowest BCUT2D eigenvalue weighted by atomic mass is 10.1. The van der Waals surface area contributed by atoms with Crippen molar-refractivity contribution >= 4 is 28.2 Å². The van der Waals surface area contributed by atoms with Crippen LogP contribution in [0.5, 0.6) is 11.5 Å². The van der Waals surface area contributed by atoms with Gasteiger partial charge in [0.15, 0.2) is 9.84 Å². The van der Waals surface area contributed by atoms with Gasteiger partial charge >= 0.3 is 7.60 Å². The van der Waals surface area contributed by atoms with Crippen LogP contribution in [0.25, 0.3) is 10.8 Å². The molecule has 0 heterocycles. The van der Waals surface area contributed by atoms with E-state index >= 15 is 0 Å². The van der Waals surface area contributed by atoms with Crippen molar-refractivity contribution in [2.75, 3.05) is 13.4 Å². The summed E-state index contributed by atoms with van der Waals surface area (Å²) in [5, 5.41) is 1.88. The SMILES string of the molecule is COc1ccc2cc(C(C)P(=O)(O)Oc3ccc(S(C)(=O)=O)cc3)ccc2c1. The van der Waals surface area contributed by atoms with Crippen LogP contribution in [0.3, 0.4) is 0 Å². The molecule has 8 heteroatoms. The van der Waals surface area contributed by atoms with Crippen molar-refractivity contribution in [1.29, 1.82) is 0 Å². The zero-order chi connectivity index (χ0) is 20.5. The molecule has 0 aliphatic carbocycles. The average molecular weight is 420 g/mol. The van der Waals surface area contributed by atoms with E-state index in [4.69, 9.17) is 9.26 Å². The highest BCUT2D eigenvalue weighted by molar-refractivity contribution is 7.90. The summed E-state index contributed by atoms with van der Waals surface area (Å²) in [6.45, 7) is 1.62. The Morgan fingerprint density at radius 1 is 0.929 bits per heavy atom. The fraction of sp³-hybridized carbons (Fsp3) is 0.200. The Morgan fingerprint density at radius 2 is 1.50 bits per heavy atom. The minimum absolute atomic E-state index is 0.116. The van der Waals surface area contributed by atoms with Gasteiger partial charge in [0.05, 0.1) is 17.7 Å². The molecule has 1 N–H and O–H groups in total. The molecule has 0 spiro atoms. The number of methoxy groups -OCH3 is 1. The first-order chi connectivity index (χ1) is 13.1. The van der Waals surface area contributed by atoms with Crippen molar-refractivity contribution in [3.63, 3.8) is 0 Å². The van der Waals surface area contributed by atoms with Gasteiger partial charge in [0.2, 0.25) is 0 Å². The fourth-order valence-corrected chi connectivity index (χ4v) is 4.55. The van der Waals surface area contributed by atoms with Gasteiger partial charge in [-0.3, -0.25) is 0 Å². The van der Waals surface area contributed by atoms with Crippen LogP contribution < -0.4 is 9.26 Å². The Bertz CT molecular complexity index is 1160. The zero-order valence-electron chi connectivity index (χ0n) is 15.7. The van der Waals surface area contributed by atoms with Crippen molar-refractivity contribution in [2.24, 2.45) is 0 Å². The molecule has 6 nitrogen and oxygen atoms in total. The summed E-state index contributed by atoms with van der Waals surface area (Å²) in [4.78, 5) is 10.6. The highest BCUT2D eigenvalue weighted by Crippen LogP contribution is 2.56. The second-order valence-electron chi connectivity index (χ2n) is 6.55. The van der Waals surface area contributed by atoms with Crippen molar-refractivity contribution in [3.05, 3.63) is 66.2 Å². The lowest BCUT2D eigenvalue weighted by Crippen LogP contribution is -2.02. The largest absolute Gasteiger partial charge is 0.497 e. The second kappa shape index (κ2) is 7.59. The highest BCUT2D eigenvalue weighted by atomic mass is 32.2. The smallest absolute Gasteiger partial charge is 0.383 e. The van der Waals surface area contributed by atoms with E-state index in [1.807, 2.05) is 30.3 Å². The number of benzene rings is 3.